The molecule has 0 saturated heterocycles. The lowest BCUT2D eigenvalue weighted by Gasteiger charge is -2.23. The van der Waals surface area contributed by atoms with Crippen LogP contribution < -0.4 is 0 Å². The molecule has 0 aliphatic heterocycles. The number of ketones is 1. The van der Waals surface area contributed by atoms with E-state index >= 15 is 0 Å². The lowest BCUT2D eigenvalue weighted by molar-refractivity contribution is -0.174. The Labute approximate surface area is 124 Å². The van der Waals surface area contributed by atoms with Crippen molar-refractivity contribution in [1.29, 1.82) is 0 Å². The number of ether oxygens (including phenoxy) is 1. The number of carbonyl (C=O) groups excluding carboxylic acids is 3. The molecule has 22 heavy (non-hydrogen) atoms. The largest absolute Gasteiger partial charge is 0.446 e. The van der Waals surface area contributed by atoms with Gasteiger partial charge in [-0.1, -0.05) is 0 Å². The number of Topliss-reactive ketones (excluding diaryl/α,β-unsaturated/α-hetero) is 1. The highest BCUT2D eigenvalue weighted by atomic mass is 16.6. The second kappa shape index (κ2) is 9.53. The number of rotatable bonds is 10. The normalized spacial score (nSPS) is 19.4. The van der Waals surface area contributed by atoms with Gasteiger partial charge in [0.1, 0.15) is 24.4 Å². The van der Waals surface area contributed by atoms with Gasteiger partial charge in [0, 0.05) is 0 Å². The zero-order chi connectivity index (χ0) is 17.4. The lowest BCUT2D eigenvalue weighted by atomic mass is 10.0. The van der Waals surface area contributed by atoms with Crippen LogP contribution >= 0.6 is 0 Å². The van der Waals surface area contributed by atoms with Crippen LogP contribution in [-0.4, -0.2) is 104 Å². The summed E-state index contributed by atoms with van der Waals surface area (Å²) < 4.78 is 4.24. The molecule has 6 atom stereocenters. The third kappa shape index (κ3) is 5.38. The molecule has 11 nitrogen and oxygen atoms in total. The van der Waals surface area contributed by atoms with Crippen molar-refractivity contribution in [3.05, 3.63) is 0 Å². The van der Waals surface area contributed by atoms with Gasteiger partial charge in [0.05, 0.1) is 13.2 Å². The van der Waals surface area contributed by atoms with Crippen molar-refractivity contribution in [3.63, 3.8) is 0 Å². The van der Waals surface area contributed by atoms with E-state index in [4.69, 9.17) is 20.4 Å². The Morgan fingerprint density at radius 2 is 1.36 bits per heavy atom. The number of carbonyl (C=O) groups is 3. The maximum atomic E-state index is 11.4. The molecular weight excluding hydrogens is 308 g/mol. The molecule has 0 amide bonds. The van der Waals surface area contributed by atoms with Crippen molar-refractivity contribution in [2.24, 2.45) is 0 Å². The highest BCUT2D eigenvalue weighted by Gasteiger charge is 2.37. The molecule has 0 aromatic rings. The number of aliphatic hydroxyl groups is 7. The standard InChI is InChI=1S/C11H18O11/c12-1-4(15)7(17)6(3-14)22-11(21)10(20)9(19)8(18)5(16)2-13/h3-9,12-13,15-19H,1-2H2/t4-,5+,6+,7+,8-,9-/m1/s1. The summed E-state index contributed by atoms with van der Waals surface area (Å²) in [5.74, 6) is -3.59. The summed E-state index contributed by atoms with van der Waals surface area (Å²) in [5.41, 5.74) is 0. The summed E-state index contributed by atoms with van der Waals surface area (Å²) in [6, 6.07) is 0. The summed E-state index contributed by atoms with van der Waals surface area (Å²) in [4.78, 5) is 33.5. The van der Waals surface area contributed by atoms with Crippen molar-refractivity contribution < 1.29 is 54.9 Å². The van der Waals surface area contributed by atoms with Gasteiger partial charge in [0.25, 0.3) is 5.78 Å². The van der Waals surface area contributed by atoms with E-state index in [1.165, 1.54) is 0 Å². The van der Waals surface area contributed by atoms with Gasteiger partial charge in [-0.3, -0.25) is 9.59 Å². The summed E-state index contributed by atoms with van der Waals surface area (Å²) in [7, 11) is 0. The molecule has 0 aromatic heterocycles. The van der Waals surface area contributed by atoms with Crippen LogP contribution in [0, 0.1) is 0 Å². The van der Waals surface area contributed by atoms with E-state index in [0.29, 0.717) is 0 Å². The molecule has 0 radical (unpaired) electrons. The van der Waals surface area contributed by atoms with Crippen LogP contribution in [0.5, 0.6) is 0 Å². The summed E-state index contributed by atoms with van der Waals surface area (Å²) in [6.07, 6.45) is -12.5. The highest BCUT2D eigenvalue weighted by molar-refractivity contribution is 6.35. The number of hydrogen-bond donors (Lipinski definition) is 7. The maximum Gasteiger partial charge on any atom is 0.378 e. The van der Waals surface area contributed by atoms with Gasteiger partial charge in [0.15, 0.2) is 18.5 Å². The smallest absolute Gasteiger partial charge is 0.378 e. The summed E-state index contributed by atoms with van der Waals surface area (Å²) in [5, 5.41) is 63.2. The molecule has 0 bridgehead atoms. The van der Waals surface area contributed by atoms with Crippen molar-refractivity contribution in [2.75, 3.05) is 13.2 Å². The van der Waals surface area contributed by atoms with Crippen LogP contribution in [0.3, 0.4) is 0 Å². The first-order valence-electron chi connectivity index (χ1n) is 6.03. The van der Waals surface area contributed by atoms with E-state index in [2.05, 4.69) is 4.74 Å². The molecule has 0 aliphatic carbocycles. The van der Waals surface area contributed by atoms with Crippen molar-refractivity contribution >= 4 is 18.0 Å². The van der Waals surface area contributed by atoms with E-state index < -0.39 is 61.6 Å². The molecule has 7 N–H and O–H groups in total. The molecule has 0 aliphatic rings. The Hall–Kier alpha value is -1.47. The second-order valence-electron chi connectivity index (χ2n) is 4.30. The molecule has 11 heteroatoms. The monoisotopic (exact) mass is 326 g/mol. The zero-order valence-corrected chi connectivity index (χ0v) is 11.2. The third-order valence-electron chi connectivity index (χ3n) is 2.67. The highest BCUT2D eigenvalue weighted by Crippen LogP contribution is 2.07. The molecule has 0 heterocycles. The minimum absolute atomic E-state index is 0.125. The SMILES string of the molecule is O=C[C@H](OC(=O)C(=O)[C@H](O)[C@H](O)[C@@H](O)CO)[C@@H](O)[C@H](O)CO. The van der Waals surface area contributed by atoms with E-state index in [0.717, 1.165) is 0 Å². The third-order valence-corrected chi connectivity index (χ3v) is 2.67. The average Bonchev–Trinajstić information content (AvgIpc) is 2.54. The Morgan fingerprint density at radius 1 is 0.909 bits per heavy atom. The molecule has 128 valence electrons. The molecular formula is C11H18O11. The quantitative estimate of drug-likeness (QED) is 0.115. The summed E-state index contributed by atoms with van der Waals surface area (Å²) in [6.45, 7) is -1.96. The number of aliphatic hydroxyl groups excluding tert-OH is 7. The predicted octanol–water partition coefficient (Wildman–Crippen LogP) is -5.54. The molecule has 0 spiro atoms. The molecule has 0 fully saturated rings. The van der Waals surface area contributed by atoms with Crippen molar-refractivity contribution in [1.82, 2.24) is 0 Å². The second-order valence-corrected chi connectivity index (χ2v) is 4.30. The molecule has 0 aromatic carbocycles. The fourth-order valence-corrected chi connectivity index (χ4v) is 1.28. The van der Waals surface area contributed by atoms with Crippen LogP contribution in [0.25, 0.3) is 0 Å². The van der Waals surface area contributed by atoms with Gasteiger partial charge in [0.2, 0.25) is 0 Å². The first-order chi connectivity index (χ1) is 10.2. The topological polar surface area (TPSA) is 202 Å². The van der Waals surface area contributed by atoms with Crippen LogP contribution in [0.4, 0.5) is 0 Å². The van der Waals surface area contributed by atoms with E-state index in [1.54, 1.807) is 0 Å². The van der Waals surface area contributed by atoms with Crippen LogP contribution in [0.2, 0.25) is 0 Å². The number of esters is 1. The fraction of sp³-hybridized carbons (Fsp3) is 0.727. The fourth-order valence-electron chi connectivity index (χ4n) is 1.28. The predicted molar refractivity (Wildman–Crippen MR) is 65.2 cm³/mol. The van der Waals surface area contributed by atoms with Gasteiger partial charge in [-0.15, -0.1) is 0 Å². The maximum absolute atomic E-state index is 11.4. The van der Waals surface area contributed by atoms with Gasteiger partial charge in [-0.05, 0) is 0 Å². The average molecular weight is 326 g/mol. The lowest BCUT2D eigenvalue weighted by Crippen LogP contribution is -2.49. The van der Waals surface area contributed by atoms with Crippen LogP contribution in [0.1, 0.15) is 0 Å². The molecule has 0 rings (SSSR count). The van der Waals surface area contributed by atoms with Gasteiger partial charge in [-0.25, -0.2) is 4.79 Å². The van der Waals surface area contributed by atoms with Gasteiger partial charge < -0.3 is 40.5 Å². The minimum atomic E-state index is -2.44. The van der Waals surface area contributed by atoms with Crippen molar-refractivity contribution in [2.45, 2.75) is 36.6 Å². The van der Waals surface area contributed by atoms with E-state index in [9.17, 15) is 29.7 Å². The minimum Gasteiger partial charge on any atom is -0.446 e. The Balaban J connectivity index is 4.81. The van der Waals surface area contributed by atoms with Crippen LogP contribution in [0.15, 0.2) is 0 Å². The summed E-state index contributed by atoms with van der Waals surface area (Å²) >= 11 is 0. The Kier molecular flexibility index (Phi) is 8.89. The molecule has 0 unspecified atom stereocenters. The first kappa shape index (κ1) is 20.5. The Morgan fingerprint density at radius 3 is 1.77 bits per heavy atom. The van der Waals surface area contributed by atoms with Crippen molar-refractivity contribution in [3.8, 4) is 0 Å². The first-order valence-corrected chi connectivity index (χ1v) is 6.03. The van der Waals surface area contributed by atoms with Gasteiger partial charge in [-0.2, -0.15) is 0 Å². The van der Waals surface area contributed by atoms with E-state index in [-0.39, 0.29) is 6.29 Å². The van der Waals surface area contributed by atoms with Gasteiger partial charge >= 0.3 is 5.97 Å². The number of aldehydes is 1. The van der Waals surface area contributed by atoms with Crippen LogP contribution in [-0.2, 0) is 19.1 Å². The number of hydrogen-bond acceptors (Lipinski definition) is 11. The van der Waals surface area contributed by atoms with E-state index in [1.807, 2.05) is 0 Å². The Bertz CT molecular complexity index is 384. The molecule has 0 saturated carbocycles. The zero-order valence-electron chi connectivity index (χ0n) is 11.2.